The Morgan fingerprint density at radius 2 is 1.50 bits per heavy atom. The van der Waals surface area contributed by atoms with Crippen molar-refractivity contribution in [2.75, 3.05) is 13.2 Å². The minimum Gasteiger partial charge on any atom is -0.396 e. The highest BCUT2D eigenvalue weighted by atomic mass is 16.5. The van der Waals surface area contributed by atoms with Gasteiger partial charge in [-0.25, -0.2) is 0 Å². The molecule has 3 heteroatoms. The van der Waals surface area contributed by atoms with Gasteiger partial charge in [-0.3, -0.25) is 0 Å². The molecule has 0 fully saturated rings. The first-order valence-corrected chi connectivity index (χ1v) is 5.91. The molecule has 3 nitrogen and oxygen atoms in total. The summed E-state index contributed by atoms with van der Waals surface area (Å²) in [7, 11) is 0. The van der Waals surface area contributed by atoms with Crippen LogP contribution in [-0.2, 0) is 4.74 Å². The number of ether oxygens (including phenoxy) is 1. The zero-order valence-electron chi connectivity index (χ0n) is 11.8. The van der Waals surface area contributed by atoms with E-state index >= 15 is 0 Å². The number of hydrogen-bond acceptors (Lipinski definition) is 3. The number of hydrogen-bond donors (Lipinski definition) is 2. The van der Waals surface area contributed by atoms with Crippen LogP contribution in [0.4, 0.5) is 0 Å². The van der Waals surface area contributed by atoms with Gasteiger partial charge in [-0.05, 0) is 27.7 Å². The number of rotatable bonds is 6. The second-order valence-corrected chi connectivity index (χ2v) is 6.42. The van der Waals surface area contributed by atoms with E-state index in [2.05, 4.69) is 0 Å². The Balaban J connectivity index is 4.41. The smallest absolute Gasteiger partial charge is 0.0699 e. The highest BCUT2D eigenvalue weighted by molar-refractivity contribution is 4.88. The van der Waals surface area contributed by atoms with Crippen molar-refractivity contribution in [3.8, 4) is 0 Å². The lowest BCUT2D eigenvalue weighted by Crippen LogP contribution is -2.46. The molecule has 2 N–H and O–H groups in total. The molecule has 98 valence electrons. The largest absolute Gasteiger partial charge is 0.396 e. The van der Waals surface area contributed by atoms with E-state index in [1.165, 1.54) is 0 Å². The fraction of sp³-hybridized carbons (Fsp3) is 1.00. The van der Waals surface area contributed by atoms with Crippen molar-refractivity contribution < 1.29 is 14.9 Å². The van der Waals surface area contributed by atoms with Gasteiger partial charge in [0, 0.05) is 11.3 Å². The summed E-state index contributed by atoms with van der Waals surface area (Å²) in [6.07, 6.45) is 0. The van der Waals surface area contributed by atoms with E-state index in [9.17, 15) is 10.2 Å². The van der Waals surface area contributed by atoms with E-state index in [1.807, 2.05) is 34.6 Å². The Morgan fingerprint density at radius 3 is 1.81 bits per heavy atom. The van der Waals surface area contributed by atoms with E-state index in [4.69, 9.17) is 4.74 Å². The lowest BCUT2D eigenvalue weighted by Gasteiger charge is -2.41. The second kappa shape index (κ2) is 5.03. The van der Waals surface area contributed by atoms with Crippen molar-refractivity contribution in [1.29, 1.82) is 0 Å². The molecule has 1 unspecified atom stereocenters. The van der Waals surface area contributed by atoms with E-state index in [1.54, 1.807) is 13.8 Å². The summed E-state index contributed by atoms with van der Waals surface area (Å²) in [5, 5.41) is 19.1. The van der Waals surface area contributed by atoms with Crippen LogP contribution in [0.5, 0.6) is 0 Å². The van der Waals surface area contributed by atoms with Crippen LogP contribution in [0, 0.1) is 11.3 Å². The van der Waals surface area contributed by atoms with Crippen LogP contribution in [0.3, 0.4) is 0 Å². The van der Waals surface area contributed by atoms with Gasteiger partial charge >= 0.3 is 0 Å². The molecule has 16 heavy (non-hydrogen) atoms. The van der Waals surface area contributed by atoms with Crippen LogP contribution in [0.25, 0.3) is 0 Å². The van der Waals surface area contributed by atoms with Crippen molar-refractivity contribution >= 4 is 0 Å². The van der Waals surface area contributed by atoms with Gasteiger partial charge in [0.2, 0.25) is 0 Å². The van der Waals surface area contributed by atoms with E-state index in [0.717, 1.165) is 0 Å². The standard InChI is InChI=1S/C13H28O3/c1-10(12(4,5)15)8-16-13(6,7)11(2,3)9-14/h10,14-15H,8-9H2,1-7H3. The summed E-state index contributed by atoms with van der Waals surface area (Å²) in [5.41, 5.74) is -1.45. The van der Waals surface area contributed by atoms with Crippen LogP contribution in [0.2, 0.25) is 0 Å². The first kappa shape index (κ1) is 15.9. The summed E-state index contributed by atoms with van der Waals surface area (Å²) < 4.78 is 5.85. The van der Waals surface area contributed by atoms with Crippen molar-refractivity contribution in [1.82, 2.24) is 0 Å². The molecule has 0 heterocycles. The molecule has 1 atom stereocenters. The maximum atomic E-state index is 9.81. The molecule has 0 aromatic rings. The summed E-state index contributed by atoms with van der Waals surface area (Å²) in [4.78, 5) is 0. The van der Waals surface area contributed by atoms with Gasteiger partial charge in [0.15, 0.2) is 0 Å². The fourth-order valence-corrected chi connectivity index (χ4v) is 0.923. The second-order valence-electron chi connectivity index (χ2n) is 6.42. The predicted octanol–water partition coefficient (Wildman–Crippen LogP) is 2.21. The molecule has 0 saturated carbocycles. The van der Waals surface area contributed by atoms with Crippen LogP contribution >= 0.6 is 0 Å². The third-order valence-electron chi connectivity index (χ3n) is 3.93. The van der Waals surface area contributed by atoms with Crippen molar-refractivity contribution in [3.05, 3.63) is 0 Å². The molecule has 0 bridgehead atoms. The zero-order chi connectivity index (χ0) is 13.2. The number of aliphatic hydroxyl groups is 2. The van der Waals surface area contributed by atoms with Gasteiger partial charge in [0.05, 0.1) is 24.4 Å². The third kappa shape index (κ3) is 4.04. The van der Waals surface area contributed by atoms with Gasteiger partial charge in [-0.15, -0.1) is 0 Å². The van der Waals surface area contributed by atoms with Gasteiger partial charge in [0.25, 0.3) is 0 Å². The highest BCUT2D eigenvalue weighted by Gasteiger charge is 2.38. The highest BCUT2D eigenvalue weighted by Crippen LogP contribution is 2.34. The predicted molar refractivity (Wildman–Crippen MR) is 66.4 cm³/mol. The Hall–Kier alpha value is -0.120. The maximum Gasteiger partial charge on any atom is 0.0699 e. The lowest BCUT2D eigenvalue weighted by molar-refractivity contribution is -0.139. The molecule has 0 amide bonds. The lowest BCUT2D eigenvalue weighted by atomic mass is 9.77. The molecule has 0 aliphatic carbocycles. The summed E-state index contributed by atoms with van der Waals surface area (Å²) in [5.74, 6) is 0.0567. The average molecular weight is 232 g/mol. The topological polar surface area (TPSA) is 49.7 Å². The summed E-state index contributed by atoms with van der Waals surface area (Å²) in [6.45, 7) is 14.0. The minimum atomic E-state index is -0.737. The van der Waals surface area contributed by atoms with Crippen molar-refractivity contribution in [3.63, 3.8) is 0 Å². The molecule has 0 aromatic heterocycles. The van der Waals surface area contributed by atoms with Crippen molar-refractivity contribution in [2.45, 2.75) is 59.7 Å². The van der Waals surface area contributed by atoms with Gasteiger partial charge < -0.3 is 14.9 Å². The normalized spacial score (nSPS) is 16.3. The number of aliphatic hydroxyl groups excluding tert-OH is 1. The molecule has 0 rings (SSSR count). The Labute approximate surface area is 99.8 Å². The van der Waals surface area contributed by atoms with Crippen LogP contribution in [-0.4, -0.2) is 34.6 Å². The first-order chi connectivity index (χ1) is 6.94. The molecule has 0 saturated heterocycles. The first-order valence-electron chi connectivity index (χ1n) is 5.91. The monoisotopic (exact) mass is 232 g/mol. The Morgan fingerprint density at radius 1 is 1.06 bits per heavy atom. The molecular formula is C13H28O3. The van der Waals surface area contributed by atoms with Crippen LogP contribution in [0.15, 0.2) is 0 Å². The zero-order valence-corrected chi connectivity index (χ0v) is 11.8. The SMILES string of the molecule is CC(COC(C)(C)C(C)(C)CO)C(C)(C)O. The molecule has 0 spiro atoms. The molecule has 0 aliphatic heterocycles. The van der Waals surface area contributed by atoms with Gasteiger partial charge in [-0.1, -0.05) is 20.8 Å². The quantitative estimate of drug-likeness (QED) is 0.738. The molecule has 0 aliphatic rings. The minimum absolute atomic E-state index is 0.0567. The fourth-order valence-electron chi connectivity index (χ4n) is 0.923. The summed E-state index contributed by atoms with van der Waals surface area (Å²) in [6, 6.07) is 0. The van der Waals surface area contributed by atoms with Crippen molar-refractivity contribution in [2.24, 2.45) is 11.3 Å². The molecular weight excluding hydrogens is 204 g/mol. The van der Waals surface area contributed by atoms with Crippen LogP contribution in [0.1, 0.15) is 48.5 Å². The Bertz CT molecular complexity index is 214. The van der Waals surface area contributed by atoms with Gasteiger partial charge in [-0.2, -0.15) is 0 Å². The molecule has 0 radical (unpaired) electrons. The summed E-state index contributed by atoms with van der Waals surface area (Å²) >= 11 is 0. The third-order valence-corrected chi connectivity index (χ3v) is 3.93. The maximum absolute atomic E-state index is 9.81. The Kier molecular flexibility index (Phi) is 4.99. The molecule has 0 aromatic carbocycles. The van der Waals surface area contributed by atoms with Gasteiger partial charge in [0.1, 0.15) is 0 Å². The average Bonchev–Trinajstić information content (AvgIpc) is 2.12. The van der Waals surface area contributed by atoms with E-state index in [0.29, 0.717) is 6.61 Å². The van der Waals surface area contributed by atoms with E-state index < -0.39 is 11.2 Å². The van der Waals surface area contributed by atoms with Crippen LogP contribution < -0.4 is 0 Å². The van der Waals surface area contributed by atoms with E-state index in [-0.39, 0.29) is 17.9 Å².